The number of ether oxygens (including phenoxy) is 1. The summed E-state index contributed by atoms with van der Waals surface area (Å²) in [5.74, 6) is -0.918. The first-order chi connectivity index (χ1) is 12.4. The van der Waals surface area contributed by atoms with Gasteiger partial charge in [0.25, 0.3) is 0 Å². The van der Waals surface area contributed by atoms with E-state index in [1.807, 2.05) is 23.8 Å². The maximum Gasteiger partial charge on any atom is 0.340 e. The van der Waals surface area contributed by atoms with Crippen molar-refractivity contribution in [3.63, 3.8) is 0 Å². The van der Waals surface area contributed by atoms with Gasteiger partial charge in [0.15, 0.2) is 11.7 Å². The summed E-state index contributed by atoms with van der Waals surface area (Å²) in [4.78, 5) is 29.0. The van der Waals surface area contributed by atoms with Crippen molar-refractivity contribution in [2.24, 2.45) is 0 Å². The molecule has 0 spiro atoms. The first-order valence-corrected chi connectivity index (χ1v) is 9.67. The number of ketones is 1. The number of thiazole rings is 1. The summed E-state index contributed by atoms with van der Waals surface area (Å²) in [6.45, 7) is 3.39. The zero-order valence-electron chi connectivity index (χ0n) is 14.0. The quantitative estimate of drug-likeness (QED) is 0.402. The fourth-order valence-corrected chi connectivity index (χ4v) is 3.91. The molecule has 0 aliphatic heterocycles. The summed E-state index contributed by atoms with van der Waals surface area (Å²) in [7, 11) is 0. The molecule has 2 heterocycles. The molecule has 0 amide bonds. The molecule has 0 N–H and O–H groups in total. The van der Waals surface area contributed by atoms with Crippen molar-refractivity contribution in [1.82, 2.24) is 9.55 Å². The molecule has 3 rings (SSSR count). The number of esters is 1. The molecule has 0 atom stereocenters. The lowest BCUT2D eigenvalue weighted by Gasteiger charge is -2.07. The molecular formula is C18H14BrClN2O3S. The highest BCUT2D eigenvalue weighted by Crippen LogP contribution is 2.24. The van der Waals surface area contributed by atoms with Gasteiger partial charge < -0.3 is 4.74 Å². The molecule has 0 unspecified atom stereocenters. The van der Waals surface area contributed by atoms with Crippen LogP contribution >= 0.6 is 38.9 Å². The molecule has 5 nitrogen and oxygen atoms in total. The fraction of sp³-hybridized carbons (Fsp3) is 0.167. The van der Waals surface area contributed by atoms with Crippen molar-refractivity contribution in [2.45, 2.75) is 13.8 Å². The number of aryl methyl sites for hydroxylation is 1. The third kappa shape index (κ3) is 3.75. The minimum Gasteiger partial charge on any atom is -0.454 e. The Morgan fingerprint density at radius 3 is 2.73 bits per heavy atom. The number of Topliss-reactive ketones (excluding diaryl/α,β-unsaturated/α-hetero) is 1. The molecule has 0 aliphatic rings. The molecule has 0 bridgehead atoms. The van der Waals surface area contributed by atoms with Crippen LogP contribution in [-0.2, 0) is 4.74 Å². The van der Waals surface area contributed by atoms with E-state index in [2.05, 4.69) is 20.9 Å². The van der Waals surface area contributed by atoms with Crippen molar-refractivity contribution in [3.05, 3.63) is 67.9 Å². The Hall–Kier alpha value is -1.96. The number of carbonyl (C=O) groups excluding carboxylic acids is 2. The maximum absolute atomic E-state index is 12.5. The van der Waals surface area contributed by atoms with E-state index < -0.39 is 5.97 Å². The SMILES string of the molecule is Cc1cc(C(=O)COC(=O)c2cc(Br)ccc2Cl)c(C)n1-c1nccs1. The number of carbonyl (C=O) groups is 2. The third-order valence-corrected chi connectivity index (χ3v) is 5.40. The van der Waals surface area contributed by atoms with Crippen LogP contribution in [0, 0.1) is 13.8 Å². The number of halogens is 2. The molecule has 0 radical (unpaired) electrons. The van der Waals surface area contributed by atoms with E-state index in [0.29, 0.717) is 10.0 Å². The van der Waals surface area contributed by atoms with Crippen LogP contribution in [-0.4, -0.2) is 27.9 Å². The molecule has 0 saturated heterocycles. The van der Waals surface area contributed by atoms with Crippen LogP contribution in [0.15, 0.2) is 40.3 Å². The zero-order valence-corrected chi connectivity index (χ0v) is 17.1. The smallest absolute Gasteiger partial charge is 0.340 e. The summed E-state index contributed by atoms with van der Waals surface area (Å²) in [6, 6.07) is 6.64. The minimum atomic E-state index is -0.640. The Kier molecular flexibility index (Phi) is 5.60. The first kappa shape index (κ1) is 18.8. The van der Waals surface area contributed by atoms with E-state index >= 15 is 0 Å². The Bertz CT molecular complexity index is 983. The predicted octanol–water partition coefficient (Wildman–Crippen LogP) is 5.01. The lowest BCUT2D eigenvalue weighted by Crippen LogP contribution is -2.15. The van der Waals surface area contributed by atoms with Gasteiger partial charge >= 0.3 is 5.97 Å². The van der Waals surface area contributed by atoms with Crippen LogP contribution in [0.1, 0.15) is 32.1 Å². The average molecular weight is 454 g/mol. The molecule has 26 heavy (non-hydrogen) atoms. The number of benzene rings is 1. The van der Waals surface area contributed by atoms with Crippen LogP contribution in [0.4, 0.5) is 0 Å². The van der Waals surface area contributed by atoms with Gasteiger partial charge in [-0.15, -0.1) is 11.3 Å². The van der Waals surface area contributed by atoms with Crippen LogP contribution < -0.4 is 0 Å². The maximum atomic E-state index is 12.5. The summed E-state index contributed by atoms with van der Waals surface area (Å²) in [5, 5.41) is 2.93. The number of aromatic nitrogens is 2. The van der Waals surface area contributed by atoms with Gasteiger partial charge in [-0.05, 0) is 38.1 Å². The van der Waals surface area contributed by atoms with E-state index in [0.717, 1.165) is 16.5 Å². The number of hydrogen-bond acceptors (Lipinski definition) is 5. The average Bonchev–Trinajstić information content (AvgIpc) is 3.22. The molecular weight excluding hydrogens is 440 g/mol. The fourth-order valence-electron chi connectivity index (χ4n) is 2.61. The van der Waals surface area contributed by atoms with Crippen molar-refractivity contribution < 1.29 is 14.3 Å². The van der Waals surface area contributed by atoms with Crippen molar-refractivity contribution in [1.29, 1.82) is 0 Å². The van der Waals surface area contributed by atoms with Gasteiger partial charge in [-0.1, -0.05) is 27.5 Å². The number of hydrogen-bond donors (Lipinski definition) is 0. The monoisotopic (exact) mass is 452 g/mol. The molecule has 0 fully saturated rings. The molecule has 1 aromatic carbocycles. The van der Waals surface area contributed by atoms with E-state index in [1.54, 1.807) is 30.5 Å². The first-order valence-electron chi connectivity index (χ1n) is 7.62. The van der Waals surface area contributed by atoms with Gasteiger partial charge in [0.1, 0.15) is 0 Å². The lowest BCUT2D eigenvalue weighted by atomic mass is 10.1. The van der Waals surface area contributed by atoms with Crippen LogP contribution in [0.3, 0.4) is 0 Å². The van der Waals surface area contributed by atoms with Crippen LogP contribution in [0.2, 0.25) is 5.02 Å². The van der Waals surface area contributed by atoms with Crippen molar-refractivity contribution >= 4 is 50.6 Å². The van der Waals surface area contributed by atoms with Gasteiger partial charge in [0, 0.05) is 33.0 Å². The third-order valence-electron chi connectivity index (χ3n) is 3.82. The van der Waals surface area contributed by atoms with Gasteiger partial charge in [0.05, 0.1) is 10.6 Å². The lowest BCUT2D eigenvalue weighted by molar-refractivity contribution is 0.0474. The van der Waals surface area contributed by atoms with Crippen molar-refractivity contribution in [2.75, 3.05) is 6.61 Å². The second kappa shape index (κ2) is 7.73. The molecule has 0 aliphatic carbocycles. The van der Waals surface area contributed by atoms with Gasteiger partial charge in [-0.2, -0.15) is 0 Å². The van der Waals surface area contributed by atoms with Crippen LogP contribution in [0.25, 0.3) is 5.13 Å². The molecule has 2 aromatic heterocycles. The van der Waals surface area contributed by atoms with Crippen LogP contribution in [0.5, 0.6) is 0 Å². The Balaban J connectivity index is 1.76. The molecule has 0 saturated carbocycles. The summed E-state index contributed by atoms with van der Waals surface area (Å²) >= 11 is 10.8. The van der Waals surface area contributed by atoms with Gasteiger partial charge in [0.2, 0.25) is 5.78 Å². The Morgan fingerprint density at radius 2 is 2.04 bits per heavy atom. The largest absolute Gasteiger partial charge is 0.454 e. The van der Waals surface area contributed by atoms with E-state index in [9.17, 15) is 9.59 Å². The summed E-state index contributed by atoms with van der Waals surface area (Å²) in [6.07, 6.45) is 1.71. The highest BCUT2D eigenvalue weighted by Gasteiger charge is 2.20. The number of nitrogens with zero attached hydrogens (tertiary/aromatic N) is 2. The van der Waals surface area contributed by atoms with E-state index in [-0.39, 0.29) is 23.0 Å². The summed E-state index contributed by atoms with van der Waals surface area (Å²) < 4.78 is 7.77. The molecule has 3 aromatic rings. The molecule has 8 heteroatoms. The topological polar surface area (TPSA) is 61.2 Å². The highest BCUT2D eigenvalue weighted by atomic mass is 79.9. The van der Waals surface area contributed by atoms with Gasteiger partial charge in [-0.3, -0.25) is 9.36 Å². The normalized spacial score (nSPS) is 10.8. The Labute approximate surface area is 167 Å². The van der Waals surface area contributed by atoms with E-state index in [4.69, 9.17) is 16.3 Å². The standard InChI is InChI=1S/C18H14BrClN2O3S/c1-10-7-13(11(2)22(10)18-21-5-6-26-18)16(23)9-25-17(24)14-8-12(19)3-4-15(14)20/h3-8H,9H2,1-2H3. The number of rotatable bonds is 5. The predicted molar refractivity (Wildman–Crippen MR) is 105 cm³/mol. The molecule has 134 valence electrons. The zero-order chi connectivity index (χ0) is 18.8. The van der Waals surface area contributed by atoms with Crippen molar-refractivity contribution in [3.8, 4) is 5.13 Å². The van der Waals surface area contributed by atoms with E-state index in [1.165, 1.54) is 11.3 Å². The Morgan fingerprint density at radius 1 is 1.27 bits per heavy atom. The second-order valence-corrected chi connectivity index (χ2v) is 7.75. The second-order valence-electron chi connectivity index (χ2n) is 5.56. The summed E-state index contributed by atoms with van der Waals surface area (Å²) in [5.41, 5.74) is 2.37. The highest BCUT2D eigenvalue weighted by molar-refractivity contribution is 9.10. The van der Waals surface area contributed by atoms with Gasteiger partial charge in [-0.25, -0.2) is 9.78 Å². The minimum absolute atomic E-state index is 0.210.